The van der Waals surface area contributed by atoms with Gasteiger partial charge in [-0.05, 0) is 17.5 Å². The third-order valence-electron chi connectivity index (χ3n) is 7.78. The fraction of sp³-hybridized carbons (Fsp3) is 0.333. The van der Waals surface area contributed by atoms with E-state index in [4.69, 9.17) is 20.2 Å². The quantitative estimate of drug-likeness (QED) is 0.170. The summed E-state index contributed by atoms with van der Waals surface area (Å²) in [6.07, 6.45) is 7.40. The number of carbonyl (C=O) groups excluding carboxylic acids is 1. The summed E-state index contributed by atoms with van der Waals surface area (Å²) in [5.74, 6) is 0.797. The fourth-order valence-electron chi connectivity index (χ4n) is 5.51. The molecule has 1 aliphatic heterocycles. The van der Waals surface area contributed by atoms with Gasteiger partial charge in [-0.15, -0.1) is 0 Å². The van der Waals surface area contributed by atoms with E-state index in [0.29, 0.717) is 49.7 Å². The van der Waals surface area contributed by atoms with Gasteiger partial charge < -0.3 is 10.5 Å². The predicted octanol–water partition coefficient (Wildman–Crippen LogP) is 5.01. The molecular formula is C36H39F2IN3O3S-. The molecule has 0 saturated carbocycles. The van der Waals surface area contributed by atoms with E-state index in [1.54, 1.807) is 23.9 Å². The number of alkyl halides is 1. The number of aryl methyl sites for hydroxylation is 1. The maximum absolute atomic E-state index is 15.9. The van der Waals surface area contributed by atoms with Gasteiger partial charge in [-0.25, -0.2) is 0 Å². The maximum atomic E-state index is 15.9. The average Bonchev–Trinajstić information content (AvgIpc) is 3.45. The summed E-state index contributed by atoms with van der Waals surface area (Å²) in [6, 6.07) is 15.5. The summed E-state index contributed by atoms with van der Waals surface area (Å²) in [5, 5.41) is 0.950. The Bertz CT molecular complexity index is 1750. The Morgan fingerprint density at radius 3 is 2.78 bits per heavy atom. The van der Waals surface area contributed by atoms with Crippen LogP contribution in [-0.2, 0) is 21.7 Å². The number of thioether (sulfide) groups is 1. The van der Waals surface area contributed by atoms with E-state index in [9.17, 15) is 4.79 Å². The topological polar surface area (TPSA) is 78.8 Å². The zero-order valence-electron chi connectivity index (χ0n) is 26.3. The van der Waals surface area contributed by atoms with Crippen molar-refractivity contribution in [2.75, 3.05) is 23.9 Å². The van der Waals surface area contributed by atoms with Crippen molar-refractivity contribution >= 4 is 34.7 Å². The molecule has 0 saturated heterocycles. The summed E-state index contributed by atoms with van der Waals surface area (Å²) in [7, 11) is 0. The number of aromatic nitrogens is 1. The first-order valence-corrected chi connectivity index (χ1v) is 19.4. The molecular weight excluding hydrogens is 719 g/mol. The fourth-order valence-corrected chi connectivity index (χ4v) is 8.14. The molecule has 6 nitrogen and oxygen atoms in total. The average molecular weight is 759 g/mol. The summed E-state index contributed by atoms with van der Waals surface area (Å²) in [6.45, 7) is 5.29. The summed E-state index contributed by atoms with van der Waals surface area (Å²) < 4.78 is 46.0. The number of carbonyl (C=O) groups is 1. The zero-order valence-corrected chi connectivity index (χ0v) is 29.2. The first kappa shape index (κ1) is 34.1. The number of ether oxygens (including phenoxy) is 2. The number of nitrogens with zero attached hydrogens (tertiary/aromatic N) is 2. The molecule has 0 fully saturated rings. The zero-order chi connectivity index (χ0) is 32.7. The second-order valence-electron chi connectivity index (χ2n) is 12.0. The Hall–Kier alpha value is -3.22. The monoisotopic (exact) mass is 758 g/mol. The van der Waals surface area contributed by atoms with E-state index >= 15 is 8.78 Å². The van der Waals surface area contributed by atoms with Crippen molar-refractivity contribution in [3.8, 4) is 11.5 Å². The molecule has 1 unspecified atom stereocenters. The van der Waals surface area contributed by atoms with Crippen LogP contribution in [0.25, 0.3) is 10.9 Å². The molecule has 0 spiro atoms. The number of fused-ring (bicyclic) bond motifs is 5. The Balaban J connectivity index is 1.63. The van der Waals surface area contributed by atoms with Crippen molar-refractivity contribution in [2.45, 2.75) is 44.9 Å². The van der Waals surface area contributed by atoms with E-state index in [1.807, 2.05) is 36.5 Å². The van der Waals surface area contributed by atoms with Gasteiger partial charge in [0.05, 0.1) is 0 Å². The number of rotatable bonds is 6. The van der Waals surface area contributed by atoms with Crippen LogP contribution in [-0.4, -0.2) is 38.7 Å². The van der Waals surface area contributed by atoms with Gasteiger partial charge in [-0.1, -0.05) is 24.3 Å². The van der Waals surface area contributed by atoms with Gasteiger partial charge in [0.1, 0.15) is 6.29 Å². The molecule has 3 aromatic carbocycles. The van der Waals surface area contributed by atoms with Crippen LogP contribution in [0.3, 0.4) is 0 Å². The Kier molecular flexibility index (Phi) is 11.6. The first-order chi connectivity index (χ1) is 22.2. The van der Waals surface area contributed by atoms with Gasteiger partial charge in [0.25, 0.3) is 0 Å². The van der Waals surface area contributed by atoms with Crippen LogP contribution < -0.4 is 31.9 Å². The van der Waals surface area contributed by atoms with Crippen LogP contribution in [0.1, 0.15) is 55.0 Å². The number of aliphatic imine (C=N–C) groups is 1. The molecule has 10 heteroatoms. The van der Waals surface area contributed by atoms with E-state index in [0.717, 1.165) is 39.6 Å². The van der Waals surface area contributed by atoms with Crippen molar-refractivity contribution in [1.29, 1.82) is 0 Å². The number of nitrogens with two attached hydrogens (primary N) is 1. The molecule has 244 valence electrons. The van der Waals surface area contributed by atoms with E-state index < -0.39 is 11.6 Å². The first-order valence-electron chi connectivity index (χ1n) is 15.2. The molecule has 1 aliphatic rings. The third-order valence-corrected chi connectivity index (χ3v) is 11.1. The van der Waals surface area contributed by atoms with E-state index in [-0.39, 0.29) is 44.2 Å². The molecule has 2 bridgehead atoms. The predicted molar refractivity (Wildman–Crippen MR) is 179 cm³/mol. The molecule has 2 heterocycles. The summed E-state index contributed by atoms with van der Waals surface area (Å²) in [5.41, 5.74) is 9.79. The molecule has 0 amide bonds. The van der Waals surface area contributed by atoms with Crippen molar-refractivity contribution < 1.29 is 44.5 Å². The second-order valence-corrected chi connectivity index (χ2v) is 15.0. The molecule has 2 N–H and O–H groups in total. The van der Waals surface area contributed by atoms with Crippen molar-refractivity contribution in [1.82, 2.24) is 2.78 Å². The molecule has 0 aliphatic carbocycles. The minimum absolute atomic E-state index is 0.140. The molecule has 1 atom stereocenters. The Labute approximate surface area is 284 Å². The number of allylic oxidation sites excluding steroid dienone is 1. The molecule has 46 heavy (non-hydrogen) atoms. The molecule has 4 aromatic rings. The SMILES string of the molecule is C[I-]n1ccc2c3c(c(F)cc21)Oc1ccc(F)c(c1)C(/C=C\N)=NC(c1cccc(CCC=O)c1)CCOCC(C)(C)CSC3. The van der Waals surface area contributed by atoms with Crippen LogP contribution in [0.15, 0.2) is 78.1 Å². The number of aldehydes is 1. The van der Waals surface area contributed by atoms with Gasteiger partial charge in [0.15, 0.2) is 0 Å². The van der Waals surface area contributed by atoms with Crippen LogP contribution in [0.2, 0.25) is 0 Å². The van der Waals surface area contributed by atoms with Crippen LogP contribution in [0.5, 0.6) is 11.5 Å². The van der Waals surface area contributed by atoms with Crippen molar-refractivity contribution in [3.05, 3.63) is 107 Å². The normalized spacial score (nSPS) is 17.8. The summed E-state index contributed by atoms with van der Waals surface area (Å²) in [4.78, 5) is 18.2. The van der Waals surface area contributed by atoms with Crippen LogP contribution >= 0.6 is 11.8 Å². The van der Waals surface area contributed by atoms with Crippen LogP contribution in [0.4, 0.5) is 8.78 Å². The van der Waals surface area contributed by atoms with E-state index in [1.165, 1.54) is 24.4 Å². The third kappa shape index (κ3) is 8.19. The van der Waals surface area contributed by atoms with Crippen LogP contribution in [0, 0.1) is 17.0 Å². The number of halogens is 3. The standard InChI is InChI=1S/C36H39F2IN3O3S/c1-36(2)22-44-17-13-32(25-8-4-6-24(18-25)7-5-16-43)41-33(11-14-40)28-19-26(9-10-30(28)37)45-35-29(21-46-23-36)27-12-15-42(39-3)34(27)20-31(35)38/h4,6,8-12,14-16,18-20,32H,5,7,13,17,21-23,40H2,1-3H3/q-1/b14-11-,41-33?. The molecule has 5 rings (SSSR count). The minimum atomic E-state index is -0.505. The van der Waals surface area contributed by atoms with Crippen molar-refractivity contribution in [2.24, 2.45) is 16.1 Å². The van der Waals surface area contributed by atoms with Gasteiger partial charge >= 0.3 is 220 Å². The van der Waals surface area contributed by atoms with Gasteiger partial charge in [0.2, 0.25) is 0 Å². The number of benzene rings is 3. The van der Waals surface area contributed by atoms with Gasteiger partial charge in [-0.2, -0.15) is 0 Å². The second kappa shape index (κ2) is 15.6. The van der Waals surface area contributed by atoms with Gasteiger partial charge in [0, 0.05) is 6.42 Å². The number of hydrogen-bond donors (Lipinski definition) is 1. The van der Waals surface area contributed by atoms with Crippen molar-refractivity contribution in [3.63, 3.8) is 0 Å². The molecule has 0 radical (unpaired) electrons. The molecule has 1 aromatic heterocycles. The van der Waals surface area contributed by atoms with E-state index in [2.05, 4.69) is 21.6 Å². The summed E-state index contributed by atoms with van der Waals surface area (Å²) >= 11 is 1.39. The Morgan fingerprint density at radius 2 is 2.00 bits per heavy atom. The van der Waals surface area contributed by atoms with Gasteiger partial charge in [-0.3, -0.25) is 0 Å². The number of hydrogen-bond acceptors (Lipinski definition) is 6. The Morgan fingerprint density at radius 1 is 1.15 bits per heavy atom.